The van der Waals surface area contributed by atoms with Gasteiger partial charge in [0, 0.05) is 4.92 Å². The van der Waals surface area contributed by atoms with E-state index in [1.165, 1.54) is 6.08 Å². The summed E-state index contributed by atoms with van der Waals surface area (Å²) in [5, 5.41) is 20.9. The highest BCUT2D eigenvalue weighted by Crippen LogP contribution is 2.38. The zero-order valence-electron chi connectivity index (χ0n) is 12.0. The Labute approximate surface area is 132 Å². The van der Waals surface area contributed by atoms with Crippen LogP contribution in [0.4, 0.5) is 0 Å². The van der Waals surface area contributed by atoms with Crippen LogP contribution < -0.4 is 0 Å². The van der Waals surface area contributed by atoms with Gasteiger partial charge in [-0.3, -0.25) is 10.1 Å². The predicted molar refractivity (Wildman–Crippen MR) is 80.4 cm³/mol. The third-order valence-electron chi connectivity index (χ3n) is 3.34. The van der Waals surface area contributed by atoms with Crippen molar-refractivity contribution in [2.24, 2.45) is 0 Å². The van der Waals surface area contributed by atoms with Crippen LogP contribution in [0, 0.1) is 10.1 Å². The lowest BCUT2D eigenvalue weighted by Gasteiger charge is -2.26. The Morgan fingerprint density at radius 2 is 1.91 bits per heavy atom. The van der Waals surface area contributed by atoms with Crippen LogP contribution >= 0.6 is 0 Å². The van der Waals surface area contributed by atoms with Crippen LogP contribution in [0.25, 0.3) is 5.57 Å². The Morgan fingerprint density at radius 3 is 2.39 bits per heavy atom. The lowest BCUT2D eigenvalue weighted by Crippen LogP contribution is -2.50. The summed E-state index contributed by atoms with van der Waals surface area (Å²) >= 11 is 0. The van der Waals surface area contributed by atoms with E-state index in [4.69, 9.17) is 0 Å². The third kappa shape index (κ3) is 3.24. The summed E-state index contributed by atoms with van der Waals surface area (Å²) in [5.74, 6) is -2.53. The molecule has 0 heterocycles. The molecule has 0 aromatic heterocycles. The molecule has 0 aliphatic heterocycles. The summed E-state index contributed by atoms with van der Waals surface area (Å²) in [4.78, 5) is 22.0. The van der Waals surface area contributed by atoms with Crippen LogP contribution in [0.1, 0.15) is 12.0 Å². The van der Waals surface area contributed by atoms with Crippen LogP contribution in [0.5, 0.6) is 0 Å². The van der Waals surface area contributed by atoms with Crippen molar-refractivity contribution in [3.63, 3.8) is 0 Å². The number of carbonyl (C=O) groups is 1. The highest BCUT2D eigenvalue weighted by atomic mass is 32.2. The van der Waals surface area contributed by atoms with E-state index in [1.54, 1.807) is 30.3 Å². The lowest BCUT2D eigenvalue weighted by molar-refractivity contribution is -0.546. The molecule has 23 heavy (non-hydrogen) atoms. The molecule has 122 valence electrons. The fraction of sp³-hybridized carbons (Fsp3) is 0.214. The molecule has 1 unspecified atom stereocenters. The number of aliphatic carboxylic acids is 1. The van der Waals surface area contributed by atoms with E-state index in [-0.39, 0.29) is 0 Å². The van der Waals surface area contributed by atoms with Gasteiger partial charge in [-0.05, 0) is 17.2 Å². The van der Waals surface area contributed by atoms with Gasteiger partial charge in [0.2, 0.25) is 5.76 Å². The number of nitro groups is 1. The molecule has 8 nitrogen and oxygen atoms in total. The molecule has 1 atom stereocenters. The number of carboxylic acid groups (broad SMARTS) is 1. The molecule has 0 radical (unpaired) electrons. The van der Waals surface area contributed by atoms with Crippen LogP contribution in [-0.4, -0.2) is 36.2 Å². The zero-order valence-corrected chi connectivity index (χ0v) is 12.8. The van der Waals surface area contributed by atoms with Crippen LogP contribution in [0.3, 0.4) is 0 Å². The molecule has 1 aromatic rings. The summed E-state index contributed by atoms with van der Waals surface area (Å²) in [6.07, 6.45) is 2.60. The summed E-state index contributed by atoms with van der Waals surface area (Å²) in [5.41, 5.74) is -1.69. The summed E-state index contributed by atoms with van der Waals surface area (Å²) in [7, 11) is -4.11. The first kappa shape index (κ1) is 16.7. The zero-order chi connectivity index (χ0) is 17.3. The molecule has 9 heteroatoms. The number of hydrogen-bond acceptors (Lipinski definition) is 6. The second-order valence-corrected chi connectivity index (χ2v) is 6.55. The highest BCUT2D eigenvalue weighted by Gasteiger charge is 2.59. The number of allylic oxidation sites excluding steroid dienone is 2. The molecule has 0 spiro atoms. The SMILES string of the molecule is CS(=O)(=O)OC1=CC=C(c2ccccc2)CC1(C(=O)O)[N+](=O)[O-]. The summed E-state index contributed by atoms with van der Waals surface area (Å²) in [6, 6.07) is 8.51. The Kier molecular flexibility index (Phi) is 4.24. The molecule has 1 N–H and O–H groups in total. The second kappa shape index (κ2) is 5.84. The fourth-order valence-corrected chi connectivity index (χ4v) is 2.78. The molecular formula is C14H13NO7S. The van der Waals surface area contributed by atoms with Crippen LogP contribution in [0.2, 0.25) is 0 Å². The maximum absolute atomic E-state index is 11.6. The fourth-order valence-electron chi connectivity index (χ4n) is 2.26. The molecule has 2 rings (SSSR count). The Balaban J connectivity index is 2.60. The first-order chi connectivity index (χ1) is 10.7. The van der Waals surface area contributed by atoms with Crippen molar-refractivity contribution >= 4 is 21.7 Å². The van der Waals surface area contributed by atoms with Gasteiger partial charge in [-0.25, -0.2) is 4.79 Å². The minimum absolute atomic E-state index is 0.394. The maximum atomic E-state index is 11.6. The molecule has 1 aliphatic carbocycles. The van der Waals surface area contributed by atoms with E-state index in [0.29, 0.717) is 17.4 Å². The largest absolute Gasteiger partial charge is 0.476 e. The second-order valence-electron chi connectivity index (χ2n) is 4.98. The molecular weight excluding hydrogens is 326 g/mol. The van der Waals surface area contributed by atoms with E-state index >= 15 is 0 Å². The van der Waals surface area contributed by atoms with E-state index in [9.17, 15) is 28.4 Å². The van der Waals surface area contributed by atoms with Crippen LogP contribution in [0.15, 0.2) is 48.2 Å². The van der Waals surface area contributed by atoms with E-state index < -0.39 is 38.7 Å². The quantitative estimate of drug-likeness (QED) is 0.489. The number of hydrogen-bond donors (Lipinski definition) is 1. The predicted octanol–water partition coefficient (Wildman–Crippen LogP) is 1.43. The van der Waals surface area contributed by atoms with E-state index in [0.717, 1.165) is 6.08 Å². The van der Waals surface area contributed by atoms with Crippen molar-refractivity contribution in [3.05, 3.63) is 63.9 Å². The summed E-state index contributed by atoms with van der Waals surface area (Å²) in [6.45, 7) is 0. The van der Waals surface area contributed by atoms with Crippen molar-refractivity contribution in [1.29, 1.82) is 0 Å². The van der Waals surface area contributed by atoms with Gasteiger partial charge < -0.3 is 9.29 Å². The van der Waals surface area contributed by atoms with Crippen molar-refractivity contribution in [2.75, 3.05) is 6.26 Å². The summed E-state index contributed by atoms with van der Waals surface area (Å²) < 4.78 is 27.1. The van der Waals surface area contributed by atoms with Gasteiger partial charge in [-0.1, -0.05) is 36.4 Å². The number of carboxylic acids is 1. The molecule has 0 saturated heterocycles. The minimum Gasteiger partial charge on any atom is -0.476 e. The first-order valence-electron chi connectivity index (χ1n) is 6.41. The molecule has 1 aromatic carbocycles. The normalized spacial score (nSPS) is 21.1. The van der Waals surface area contributed by atoms with Gasteiger partial charge in [0.05, 0.1) is 12.7 Å². The van der Waals surface area contributed by atoms with Crippen molar-refractivity contribution in [3.8, 4) is 0 Å². The molecule has 0 fully saturated rings. The smallest absolute Gasteiger partial charge is 0.391 e. The number of rotatable bonds is 5. The van der Waals surface area contributed by atoms with Gasteiger partial charge in [0.1, 0.15) is 0 Å². The van der Waals surface area contributed by atoms with Gasteiger partial charge in [-0.2, -0.15) is 8.42 Å². The standard InChI is InChI=1S/C14H13NO7S/c1-23(20,21)22-12-8-7-11(10-5-3-2-4-6-10)9-14(12,13(16)17)15(18)19/h2-8H,9H2,1H3,(H,16,17). The Morgan fingerprint density at radius 1 is 1.30 bits per heavy atom. The monoisotopic (exact) mass is 339 g/mol. The molecule has 0 bridgehead atoms. The third-order valence-corrected chi connectivity index (χ3v) is 3.82. The van der Waals surface area contributed by atoms with Gasteiger partial charge in [-0.15, -0.1) is 0 Å². The average Bonchev–Trinajstić information content (AvgIpc) is 2.46. The number of nitrogens with zero attached hydrogens (tertiary/aromatic N) is 1. The van der Waals surface area contributed by atoms with Gasteiger partial charge in [0.15, 0.2) is 0 Å². The highest BCUT2D eigenvalue weighted by molar-refractivity contribution is 7.86. The van der Waals surface area contributed by atoms with Gasteiger partial charge >= 0.3 is 21.6 Å². The maximum Gasteiger partial charge on any atom is 0.391 e. The average molecular weight is 339 g/mol. The molecule has 0 amide bonds. The Bertz CT molecular complexity index is 795. The molecule has 0 saturated carbocycles. The first-order valence-corrected chi connectivity index (χ1v) is 8.22. The van der Waals surface area contributed by atoms with Crippen LogP contribution in [-0.2, 0) is 19.1 Å². The van der Waals surface area contributed by atoms with Crippen molar-refractivity contribution < 1.29 is 27.4 Å². The van der Waals surface area contributed by atoms with Crippen molar-refractivity contribution in [2.45, 2.75) is 12.0 Å². The number of benzene rings is 1. The lowest BCUT2D eigenvalue weighted by atomic mass is 9.82. The topological polar surface area (TPSA) is 124 Å². The van der Waals surface area contributed by atoms with E-state index in [1.807, 2.05) is 0 Å². The minimum atomic E-state index is -4.11. The Hall–Kier alpha value is -2.68. The van der Waals surface area contributed by atoms with Crippen molar-refractivity contribution in [1.82, 2.24) is 0 Å². The molecule has 1 aliphatic rings. The van der Waals surface area contributed by atoms with E-state index in [2.05, 4.69) is 4.18 Å². The van der Waals surface area contributed by atoms with Gasteiger partial charge in [0.25, 0.3) is 0 Å².